The van der Waals surface area contributed by atoms with Crippen molar-refractivity contribution in [2.75, 3.05) is 18.1 Å². The molecule has 2 heterocycles. The summed E-state index contributed by atoms with van der Waals surface area (Å²) in [6, 6.07) is 13.7. The molecule has 1 aliphatic rings. The number of fused-ring (bicyclic) bond motifs is 1. The standard InChI is InChI=1S/C22H24N4O2/c1-4-11-28-16-8-6-15(7-9-16)26-13-19(27)20(21(26)23)22-24-17-12-14(2)5-10-18(17)25(22)3/h5-10,12,23,27H,4,11,13H2,1-3H3. The minimum Gasteiger partial charge on any atom is -0.509 e. The average Bonchev–Trinajstić information content (AvgIpc) is 3.16. The van der Waals surface area contributed by atoms with E-state index in [4.69, 9.17) is 10.1 Å². The number of aliphatic hydroxyl groups excluding tert-OH is 1. The molecule has 0 saturated carbocycles. The number of aromatic nitrogens is 2. The minimum atomic E-state index is 0.159. The quantitative estimate of drug-likeness (QED) is 0.690. The Morgan fingerprint density at radius 1 is 1.18 bits per heavy atom. The van der Waals surface area contributed by atoms with Crippen LogP contribution in [0.15, 0.2) is 48.2 Å². The van der Waals surface area contributed by atoms with E-state index in [0.29, 0.717) is 18.0 Å². The van der Waals surface area contributed by atoms with Crippen molar-refractivity contribution in [1.82, 2.24) is 9.55 Å². The highest BCUT2D eigenvalue weighted by molar-refractivity contribution is 6.30. The van der Waals surface area contributed by atoms with Crippen molar-refractivity contribution in [1.29, 1.82) is 5.41 Å². The number of ether oxygens (including phenoxy) is 1. The molecule has 3 aromatic rings. The molecule has 2 N–H and O–H groups in total. The number of benzene rings is 2. The lowest BCUT2D eigenvalue weighted by atomic mass is 10.2. The first-order valence-electron chi connectivity index (χ1n) is 9.44. The molecule has 144 valence electrons. The van der Waals surface area contributed by atoms with E-state index >= 15 is 0 Å². The van der Waals surface area contributed by atoms with Crippen LogP contribution in [0, 0.1) is 12.3 Å². The first-order valence-corrected chi connectivity index (χ1v) is 9.44. The smallest absolute Gasteiger partial charge is 0.148 e. The summed E-state index contributed by atoms with van der Waals surface area (Å²) in [7, 11) is 1.91. The molecule has 2 aromatic carbocycles. The van der Waals surface area contributed by atoms with Crippen molar-refractivity contribution in [3.63, 3.8) is 0 Å². The van der Waals surface area contributed by atoms with Crippen LogP contribution in [-0.4, -0.2) is 33.6 Å². The summed E-state index contributed by atoms with van der Waals surface area (Å²) in [4.78, 5) is 6.47. The highest BCUT2D eigenvalue weighted by Gasteiger charge is 2.32. The zero-order chi connectivity index (χ0) is 19.8. The van der Waals surface area contributed by atoms with Crippen LogP contribution in [0.4, 0.5) is 5.69 Å². The normalized spacial score (nSPS) is 14.4. The van der Waals surface area contributed by atoms with E-state index in [1.54, 1.807) is 4.90 Å². The number of imidazole rings is 1. The molecular weight excluding hydrogens is 352 g/mol. The molecular formula is C22H24N4O2. The number of aryl methyl sites for hydroxylation is 2. The third kappa shape index (κ3) is 3.01. The van der Waals surface area contributed by atoms with Crippen molar-refractivity contribution in [3.05, 3.63) is 59.6 Å². The van der Waals surface area contributed by atoms with E-state index in [0.717, 1.165) is 34.5 Å². The fraction of sp³-hybridized carbons (Fsp3) is 0.273. The summed E-state index contributed by atoms with van der Waals surface area (Å²) < 4.78 is 7.56. The van der Waals surface area contributed by atoms with Crippen molar-refractivity contribution in [2.24, 2.45) is 7.05 Å². The molecule has 0 atom stereocenters. The number of nitrogens with zero attached hydrogens (tertiary/aromatic N) is 3. The van der Waals surface area contributed by atoms with Crippen LogP contribution in [0.5, 0.6) is 5.75 Å². The summed E-state index contributed by atoms with van der Waals surface area (Å²) >= 11 is 0. The van der Waals surface area contributed by atoms with Gasteiger partial charge in [-0.3, -0.25) is 5.41 Å². The van der Waals surface area contributed by atoms with Gasteiger partial charge in [-0.1, -0.05) is 13.0 Å². The lowest BCUT2D eigenvalue weighted by Crippen LogP contribution is -2.26. The van der Waals surface area contributed by atoms with Crippen LogP contribution in [-0.2, 0) is 7.05 Å². The van der Waals surface area contributed by atoms with Gasteiger partial charge in [0.15, 0.2) is 0 Å². The number of amidine groups is 1. The van der Waals surface area contributed by atoms with Crippen LogP contribution in [0.3, 0.4) is 0 Å². The number of rotatable bonds is 5. The minimum absolute atomic E-state index is 0.159. The third-order valence-electron chi connectivity index (χ3n) is 4.98. The maximum Gasteiger partial charge on any atom is 0.148 e. The Balaban J connectivity index is 1.65. The maximum atomic E-state index is 10.6. The third-order valence-corrected chi connectivity index (χ3v) is 4.98. The van der Waals surface area contributed by atoms with E-state index < -0.39 is 0 Å². The second-order valence-electron chi connectivity index (χ2n) is 7.09. The van der Waals surface area contributed by atoms with E-state index in [9.17, 15) is 5.11 Å². The molecule has 0 radical (unpaired) electrons. The molecule has 0 fully saturated rings. The highest BCUT2D eigenvalue weighted by atomic mass is 16.5. The summed E-state index contributed by atoms with van der Waals surface area (Å²) in [6.07, 6.45) is 0.956. The largest absolute Gasteiger partial charge is 0.509 e. The Morgan fingerprint density at radius 2 is 1.93 bits per heavy atom. The van der Waals surface area contributed by atoms with E-state index in [1.165, 1.54) is 0 Å². The van der Waals surface area contributed by atoms with Gasteiger partial charge >= 0.3 is 0 Å². The molecule has 0 bridgehead atoms. The van der Waals surface area contributed by atoms with Crippen LogP contribution in [0.2, 0.25) is 0 Å². The van der Waals surface area contributed by atoms with Gasteiger partial charge in [0.05, 0.1) is 29.8 Å². The van der Waals surface area contributed by atoms with Crippen molar-refractivity contribution >= 4 is 28.1 Å². The number of hydrogen-bond donors (Lipinski definition) is 2. The summed E-state index contributed by atoms with van der Waals surface area (Å²) in [5.41, 5.74) is 4.28. The molecule has 1 aliphatic heterocycles. The van der Waals surface area contributed by atoms with Gasteiger partial charge in [0.2, 0.25) is 0 Å². The van der Waals surface area contributed by atoms with Crippen molar-refractivity contribution < 1.29 is 9.84 Å². The SMILES string of the molecule is CCCOc1ccc(N2CC(O)=C(c3nc4cc(C)ccc4n3C)C2=N)cc1. The van der Waals surface area contributed by atoms with Gasteiger partial charge < -0.3 is 19.3 Å². The van der Waals surface area contributed by atoms with Gasteiger partial charge in [0.25, 0.3) is 0 Å². The van der Waals surface area contributed by atoms with E-state index in [-0.39, 0.29) is 18.1 Å². The second kappa shape index (κ2) is 7.03. The molecule has 4 rings (SSSR count). The number of anilines is 1. The van der Waals surface area contributed by atoms with E-state index in [1.807, 2.05) is 61.0 Å². The molecule has 0 amide bonds. The fourth-order valence-corrected chi connectivity index (χ4v) is 3.51. The molecule has 1 aromatic heterocycles. The number of aliphatic hydroxyl groups is 1. The molecule has 0 spiro atoms. The fourth-order valence-electron chi connectivity index (χ4n) is 3.51. The Hall–Kier alpha value is -3.28. The van der Waals surface area contributed by atoms with Crippen LogP contribution < -0.4 is 9.64 Å². The summed E-state index contributed by atoms with van der Waals surface area (Å²) in [6.45, 7) is 5.03. The van der Waals surface area contributed by atoms with Gasteiger partial charge in [0.1, 0.15) is 23.2 Å². The molecule has 28 heavy (non-hydrogen) atoms. The Labute approximate surface area is 164 Å². The lowest BCUT2D eigenvalue weighted by molar-refractivity contribution is 0.317. The summed E-state index contributed by atoms with van der Waals surface area (Å²) in [5.74, 6) is 1.81. The van der Waals surface area contributed by atoms with Gasteiger partial charge in [-0.05, 0) is 55.3 Å². The van der Waals surface area contributed by atoms with Crippen LogP contribution in [0.25, 0.3) is 16.6 Å². The molecule has 0 unspecified atom stereocenters. The second-order valence-corrected chi connectivity index (χ2v) is 7.09. The zero-order valence-electron chi connectivity index (χ0n) is 16.4. The first kappa shape index (κ1) is 18.1. The van der Waals surface area contributed by atoms with Crippen molar-refractivity contribution in [2.45, 2.75) is 20.3 Å². The predicted octanol–water partition coefficient (Wildman–Crippen LogP) is 4.44. The highest BCUT2D eigenvalue weighted by Crippen LogP contribution is 2.32. The van der Waals surface area contributed by atoms with Gasteiger partial charge in [0, 0.05) is 12.7 Å². The molecule has 0 saturated heterocycles. The topological polar surface area (TPSA) is 74.4 Å². The molecule has 6 heteroatoms. The Bertz CT molecular complexity index is 1080. The van der Waals surface area contributed by atoms with Gasteiger partial charge in [-0.2, -0.15) is 0 Å². The first-order chi connectivity index (χ1) is 13.5. The van der Waals surface area contributed by atoms with Gasteiger partial charge in [-0.15, -0.1) is 0 Å². The van der Waals surface area contributed by atoms with Crippen LogP contribution >= 0.6 is 0 Å². The number of hydrogen-bond acceptors (Lipinski definition) is 4. The van der Waals surface area contributed by atoms with E-state index in [2.05, 4.69) is 11.9 Å². The Morgan fingerprint density at radius 3 is 2.64 bits per heavy atom. The lowest BCUT2D eigenvalue weighted by Gasteiger charge is -2.19. The molecule has 6 nitrogen and oxygen atoms in total. The maximum absolute atomic E-state index is 10.6. The van der Waals surface area contributed by atoms with Crippen molar-refractivity contribution in [3.8, 4) is 5.75 Å². The monoisotopic (exact) mass is 376 g/mol. The predicted molar refractivity (Wildman–Crippen MR) is 112 cm³/mol. The Kier molecular flexibility index (Phi) is 4.55. The number of nitrogens with one attached hydrogen (secondary N) is 1. The molecule has 0 aliphatic carbocycles. The van der Waals surface area contributed by atoms with Gasteiger partial charge in [-0.25, -0.2) is 4.98 Å². The summed E-state index contributed by atoms with van der Waals surface area (Å²) in [5, 5.41) is 19.3. The average molecular weight is 376 g/mol. The zero-order valence-corrected chi connectivity index (χ0v) is 16.4. The van der Waals surface area contributed by atoms with Crippen LogP contribution in [0.1, 0.15) is 24.7 Å².